The number of cyclic esters (lactones) is 1. The lowest BCUT2D eigenvalue weighted by Gasteiger charge is -2.14. The van der Waals surface area contributed by atoms with Crippen molar-refractivity contribution in [1.82, 2.24) is 9.55 Å². The summed E-state index contributed by atoms with van der Waals surface area (Å²) in [6, 6.07) is 18.1. The molecule has 1 amide bonds. The molecule has 2 aromatic carbocycles. The third-order valence-corrected chi connectivity index (χ3v) is 4.39. The normalized spacial score (nSPS) is 13.7. The van der Waals surface area contributed by atoms with E-state index in [0.717, 1.165) is 23.7 Å². The Balaban J connectivity index is 1.39. The lowest BCUT2D eigenvalue weighted by Crippen LogP contribution is -2.23. The Labute approximate surface area is 152 Å². The van der Waals surface area contributed by atoms with Crippen molar-refractivity contribution >= 4 is 17.5 Å². The summed E-state index contributed by atoms with van der Waals surface area (Å²) in [6.45, 7) is 2.48. The van der Waals surface area contributed by atoms with Crippen LogP contribution in [0.5, 0.6) is 0 Å². The molecule has 1 fully saturated rings. The summed E-state index contributed by atoms with van der Waals surface area (Å²) in [4.78, 5) is 17.7. The van der Waals surface area contributed by atoms with Crippen LogP contribution in [0.2, 0.25) is 0 Å². The number of aromatic nitrogens is 2. The van der Waals surface area contributed by atoms with Gasteiger partial charge in [0.1, 0.15) is 12.4 Å². The van der Waals surface area contributed by atoms with Gasteiger partial charge in [-0.15, -0.1) is 0 Å². The number of hydrogen-bond donors (Lipinski definition) is 1. The van der Waals surface area contributed by atoms with Crippen LogP contribution in [0, 0.1) is 0 Å². The summed E-state index contributed by atoms with van der Waals surface area (Å²) in [6.07, 6.45) is 3.53. The van der Waals surface area contributed by atoms with E-state index in [9.17, 15) is 4.79 Å². The van der Waals surface area contributed by atoms with Crippen molar-refractivity contribution in [2.45, 2.75) is 13.1 Å². The quantitative estimate of drug-likeness (QED) is 0.741. The van der Waals surface area contributed by atoms with Crippen LogP contribution in [-0.4, -0.2) is 28.8 Å². The molecule has 4 rings (SSSR count). The number of ether oxygens (including phenoxy) is 1. The van der Waals surface area contributed by atoms with Crippen molar-refractivity contribution in [1.29, 1.82) is 0 Å². The Bertz CT molecular complexity index is 874. The first kappa shape index (κ1) is 16.2. The molecule has 1 saturated heterocycles. The van der Waals surface area contributed by atoms with Gasteiger partial charge >= 0.3 is 6.09 Å². The van der Waals surface area contributed by atoms with Crippen molar-refractivity contribution in [2.75, 3.05) is 23.4 Å². The molecule has 6 nitrogen and oxygen atoms in total. The fraction of sp³-hybridized carbons (Fsp3) is 0.200. The lowest BCUT2D eigenvalue weighted by atomic mass is 10.2. The summed E-state index contributed by atoms with van der Waals surface area (Å²) in [7, 11) is 0. The van der Waals surface area contributed by atoms with Gasteiger partial charge in [0.05, 0.1) is 13.1 Å². The molecular formula is C20H20N4O2. The zero-order valence-corrected chi connectivity index (χ0v) is 14.3. The number of anilines is 2. The number of hydrogen-bond acceptors (Lipinski definition) is 4. The molecule has 26 heavy (non-hydrogen) atoms. The van der Waals surface area contributed by atoms with Crippen LogP contribution in [0.1, 0.15) is 11.4 Å². The molecule has 0 spiro atoms. The smallest absolute Gasteiger partial charge is 0.414 e. The molecule has 3 aromatic rings. The number of rotatable bonds is 6. The predicted octanol–water partition coefficient (Wildman–Crippen LogP) is 3.50. The van der Waals surface area contributed by atoms with Crippen LogP contribution in [-0.2, 0) is 17.8 Å². The van der Waals surface area contributed by atoms with Gasteiger partial charge in [0, 0.05) is 30.3 Å². The van der Waals surface area contributed by atoms with Crippen molar-refractivity contribution in [3.8, 4) is 0 Å². The molecule has 0 saturated carbocycles. The van der Waals surface area contributed by atoms with Crippen LogP contribution in [0.4, 0.5) is 16.2 Å². The van der Waals surface area contributed by atoms with Gasteiger partial charge < -0.3 is 14.6 Å². The lowest BCUT2D eigenvalue weighted by molar-refractivity contribution is 0.181. The molecule has 1 aliphatic rings. The molecule has 1 N–H and O–H groups in total. The molecule has 0 bridgehead atoms. The Morgan fingerprint density at radius 3 is 2.62 bits per heavy atom. The highest BCUT2D eigenvalue weighted by Crippen LogP contribution is 2.21. The summed E-state index contributed by atoms with van der Waals surface area (Å²) in [5.74, 6) is 0.973. The standard InChI is InChI=1S/C20H20N4O2/c25-20-24(12-13-26-20)18-8-6-17(7-9-18)22-14-19-21-10-11-23(19)15-16-4-2-1-3-5-16/h1-11,22H,12-15H2. The fourth-order valence-corrected chi connectivity index (χ4v) is 3.00. The van der Waals surface area contributed by atoms with E-state index < -0.39 is 0 Å². The monoisotopic (exact) mass is 348 g/mol. The maximum absolute atomic E-state index is 11.6. The van der Waals surface area contributed by atoms with Crippen molar-refractivity contribution in [3.63, 3.8) is 0 Å². The number of amides is 1. The van der Waals surface area contributed by atoms with Gasteiger partial charge in [0.15, 0.2) is 0 Å². The maximum Gasteiger partial charge on any atom is 0.414 e. The van der Waals surface area contributed by atoms with Gasteiger partial charge in [-0.3, -0.25) is 4.90 Å². The van der Waals surface area contributed by atoms with Gasteiger partial charge in [0.25, 0.3) is 0 Å². The van der Waals surface area contributed by atoms with E-state index in [4.69, 9.17) is 4.74 Å². The third-order valence-electron chi connectivity index (χ3n) is 4.39. The molecule has 1 aromatic heterocycles. The van der Waals surface area contributed by atoms with Gasteiger partial charge in [-0.05, 0) is 29.8 Å². The number of benzene rings is 2. The molecule has 132 valence electrons. The molecule has 0 aliphatic carbocycles. The molecule has 0 radical (unpaired) electrons. The Kier molecular flexibility index (Phi) is 4.55. The Hall–Kier alpha value is -3.28. The molecular weight excluding hydrogens is 328 g/mol. The van der Waals surface area contributed by atoms with Crippen molar-refractivity contribution < 1.29 is 9.53 Å². The van der Waals surface area contributed by atoms with E-state index in [1.54, 1.807) is 4.90 Å². The molecule has 2 heterocycles. The number of imidazole rings is 1. The highest BCUT2D eigenvalue weighted by Gasteiger charge is 2.23. The van der Waals surface area contributed by atoms with Crippen molar-refractivity contribution in [3.05, 3.63) is 78.4 Å². The summed E-state index contributed by atoms with van der Waals surface area (Å²) in [5.41, 5.74) is 3.08. The van der Waals surface area contributed by atoms with Crippen LogP contribution < -0.4 is 10.2 Å². The minimum Gasteiger partial charge on any atom is -0.447 e. The number of nitrogens with one attached hydrogen (secondary N) is 1. The zero-order chi connectivity index (χ0) is 17.8. The van der Waals surface area contributed by atoms with E-state index in [0.29, 0.717) is 19.7 Å². The SMILES string of the molecule is O=C1OCCN1c1ccc(NCc2nccn2Cc2ccccc2)cc1. The van der Waals surface area contributed by atoms with Gasteiger partial charge in [-0.2, -0.15) is 0 Å². The van der Waals surface area contributed by atoms with Gasteiger partial charge in [-0.1, -0.05) is 30.3 Å². The predicted molar refractivity (Wildman–Crippen MR) is 100 cm³/mol. The second-order valence-corrected chi connectivity index (χ2v) is 6.12. The van der Waals surface area contributed by atoms with E-state index >= 15 is 0 Å². The van der Waals surface area contributed by atoms with E-state index in [-0.39, 0.29) is 6.09 Å². The largest absolute Gasteiger partial charge is 0.447 e. The summed E-state index contributed by atoms with van der Waals surface area (Å²) in [5, 5.41) is 3.38. The second-order valence-electron chi connectivity index (χ2n) is 6.12. The Morgan fingerprint density at radius 2 is 1.88 bits per heavy atom. The van der Waals surface area contributed by atoms with E-state index in [1.165, 1.54) is 5.56 Å². The fourth-order valence-electron chi connectivity index (χ4n) is 3.00. The summed E-state index contributed by atoms with van der Waals surface area (Å²) < 4.78 is 7.10. The van der Waals surface area contributed by atoms with Crippen LogP contribution in [0.3, 0.4) is 0 Å². The number of carbonyl (C=O) groups excluding carboxylic acids is 1. The first-order valence-corrected chi connectivity index (χ1v) is 8.62. The average molecular weight is 348 g/mol. The van der Waals surface area contributed by atoms with E-state index in [2.05, 4.69) is 27.0 Å². The highest BCUT2D eigenvalue weighted by molar-refractivity contribution is 5.89. The van der Waals surface area contributed by atoms with Crippen LogP contribution >= 0.6 is 0 Å². The minimum atomic E-state index is -0.284. The molecule has 0 unspecified atom stereocenters. The van der Waals surface area contributed by atoms with Crippen LogP contribution in [0.25, 0.3) is 0 Å². The third kappa shape index (κ3) is 3.54. The number of nitrogens with zero attached hydrogens (tertiary/aromatic N) is 3. The molecule has 0 atom stereocenters. The van der Waals surface area contributed by atoms with Crippen molar-refractivity contribution in [2.24, 2.45) is 0 Å². The minimum absolute atomic E-state index is 0.284. The van der Waals surface area contributed by atoms with E-state index in [1.807, 2.05) is 54.9 Å². The van der Waals surface area contributed by atoms with Gasteiger partial charge in [0.2, 0.25) is 0 Å². The van der Waals surface area contributed by atoms with Gasteiger partial charge in [-0.25, -0.2) is 9.78 Å². The maximum atomic E-state index is 11.6. The summed E-state index contributed by atoms with van der Waals surface area (Å²) >= 11 is 0. The molecule has 6 heteroatoms. The van der Waals surface area contributed by atoms with Crippen LogP contribution in [0.15, 0.2) is 67.0 Å². The zero-order valence-electron chi connectivity index (χ0n) is 14.3. The highest BCUT2D eigenvalue weighted by atomic mass is 16.6. The Morgan fingerprint density at radius 1 is 1.08 bits per heavy atom. The number of carbonyl (C=O) groups is 1. The second kappa shape index (κ2) is 7.31. The topological polar surface area (TPSA) is 59.4 Å². The first-order chi connectivity index (χ1) is 12.8. The average Bonchev–Trinajstić information content (AvgIpc) is 3.30. The molecule has 1 aliphatic heterocycles. The first-order valence-electron chi connectivity index (χ1n) is 8.62.